The van der Waals surface area contributed by atoms with Crippen LogP contribution >= 0.6 is 0 Å². The lowest BCUT2D eigenvalue weighted by Gasteiger charge is -2.34. The predicted molar refractivity (Wildman–Crippen MR) is 373 cm³/mol. The van der Waals surface area contributed by atoms with Crippen molar-refractivity contribution in [2.45, 2.75) is 157 Å². The van der Waals surface area contributed by atoms with E-state index in [1.54, 1.807) is 0 Å². The molecule has 9 aromatic carbocycles. The molecule has 2 aliphatic rings. The summed E-state index contributed by atoms with van der Waals surface area (Å²) in [6.07, 6.45) is 0. The van der Waals surface area contributed by atoms with Gasteiger partial charge in [-0.2, -0.15) is 0 Å². The first-order valence-corrected chi connectivity index (χ1v) is 31.5. The van der Waals surface area contributed by atoms with Gasteiger partial charge in [0.1, 0.15) is 0 Å². The van der Waals surface area contributed by atoms with E-state index in [2.05, 4.69) is 304 Å². The third-order valence-corrected chi connectivity index (χ3v) is 19.0. The topological polar surface area (TPSA) is 48.5 Å². The third-order valence-electron chi connectivity index (χ3n) is 19.0. The summed E-state index contributed by atoms with van der Waals surface area (Å²) in [5.74, 6) is 1.97. The summed E-state index contributed by atoms with van der Waals surface area (Å²) in [4.78, 5) is 17.1. The molecule has 434 valence electrons. The largest absolute Gasteiger partial charge is 0.310 e. The summed E-state index contributed by atoms with van der Waals surface area (Å²) in [6, 6.07) is 65.5. The smallest absolute Gasteiger partial charge is 0.252 e. The Hall–Kier alpha value is -8.35. The van der Waals surface area contributed by atoms with E-state index in [0.717, 1.165) is 28.1 Å². The number of hydrogen-bond donors (Lipinski definition) is 0. The van der Waals surface area contributed by atoms with Crippen LogP contribution in [0.15, 0.2) is 170 Å². The van der Waals surface area contributed by atoms with Gasteiger partial charge in [-0.15, -0.1) is 0 Å². The van der Waals surface area contributed by atoms with E-state index in [-0.39, 0.29) is 39.2 Å². The first-order valence-electron chi connectivity index (χ1n) is 31.5. The summed E-state index contributed by atoms with van der Waals surface area (Å²) in [5.41, 5.74) is 25.8. The van der Waals surface area contributed by atoms with Crippen LogP contribution in [0.25, 0.3) is 111 Å². The van der Waals surface area contributed by atoms with Crippen molar-refractivity contribution in [1.82, 2.24) is 24.1 Å². The van der Waals surface area contributed by atoms with Gasteiger partial charge in [-0.1, -0.05) is 222 Å². The Morgan fingerprint density at radius 1 is 0.276 bits per heavy atom. The van der Waals surface area contributed by atoms with Crippen LogP contribution in [0.4, 0.5) is 0 Å². The molecule has 0 radical (unpaired) electrons. The van der Waals surface area contributed by atoms with E-state index in [1.165, 1.54) is 116 Å². The number of fused-ring (bicyclic) bond motifs is 10. The van der Waals surface area contributed by atoms with Gasteiger partial charge in [-0.05, 0) is 177 Å². The minimum Gasteiger partial charge on any atom is -0.310 e. The zero-order valence-corrected chi connectivity index (χ0v) is 54.5. The summed E-state index contributed by atoms with van der Waals surface area (Å²) < 4.78 is 5.22. The van der Waals surface area contributed by atoms with E-state index in [4.69, 9.17) is 15.0 Å². The van der Waals surface area contributed by atoms with E-state index in [9.17, 15) is 0 Å². The lowest BCUT2D eigenvalue weighted by Crippen LogP contribution is -2.59. The highest BCUT2D eigenvalue weighted by molar-refractivity contribution is 7.00. The fraction of sp³-hybridized carbons (Fsp3) is 0.296. The molecule has 0 bridgehead atoms. The quantitative estimate of drug-likeness (QED) is 0.161. The van der Waals surface area contributed by atoms with Crippen molar-refractivity contribution in [2.75, 3.05) is 0 Å². The molecule has 14 rings (SSSR count). The fourth-order valence-corrected chi connectivity index (χ4v) is 13.7. The SMILES string of the molecule is CC(C)(C)c1cc(-c2nc(-c3cc(C(C)(C)C)cc(C(C)(C)C)c3)nc(-c3cc4c5c(c3)-n3c6ccc(C(C)(C)C)cc6c6cc(-c7ccccc7)cc(c63)B5c3cc(-c5ccccc5)cc5c6cc(C(C)(C)C)ccc6n-4c35)n2)cc(C(C)(C)C)c1. The van der Waals surface area contributed by atoms with Crippen molar-refractivity contribution in [3.63, 3.8) is 0 Å². The number of hydrogen-bond acceptors (Lipinski definition) is 3. The minimum atomic E-state index is -0.129. The second-order valence-electron chi connectivity index (χ2n) is 31.6. The molecule has 0 saturated carbocycles. The fourth-order valence-electron chi connectivity index (χ4n) is 13.7. The maximum Gasteiger partial charge on any atom is 0.252 e. The van der Waals surface area contributed by atoms with Crippen LogP contribution in [-0.2, 0) is 32.5 Å². The molecule has 0 aliphatic carbocycles. The van der Waals surface area contributed by atoms with E-state index in [1.807, 2.05) is 0 Å². The molecule has 6 heteroatoms. The maximum atomic E-state index is 5.76. The van der Waals surface area contributed by atoms with Gasteiger partial charge in [0.25, 0.3) is 6.71 Å². The van der Waals surface area contributed by atoms with E-state index < -0.39 is 0 Å². The standard InChI is InChI=1S/C81H82BN5/c1-76(2,3)54-29-31-66-60(45-54)62-37-49(47-25-21-19-22-26-47)39-64-71(62)86(66)68-41-53(42-69-70(68)82(64)65-40-50(48-27-23-20-24-28-48)38-63-61-46-55(77(4,5)6)30-32-67(61)87(69)72(63)65)75-84-73(51-33-56(78(7,8)9)43-57(34-51)79(10,11)12)83-74(85-75)52-35-58(80(13,14)15)44-59(36-52)81(16,17)18/h19-46H,1-18H3. The maximum absolute atomic E-state index is 5.76. The molecular formula is C81H82BN5. The Morgan fingerprint density at radius 3 is 0.920 bits per heavy atom. The molecule has 2 aliphatic heterocycles. The second-order valence-corrected chi connectivity index (χ2v) is 31.6. The predicted octanol–water partition coefficient (Wildman–Crippen LogP) is 19.3. The van der Waals surface area contributed by atoms with Gasteiger partial charge in [0.2, 0.25) is 0 Å². The summed E-state index contributed by atoms with van der Waals surface area (Å²) in [5, 5.41) is 5.02. The lowest BCUT2D eigenvalue weighted by molar-refractivity contribution is 0.568. The van der Waals surface area contributed by atoms with Crippen molar-refractivity contribution in [1.29, 1.82) is 0 Å². The molecule has 12 aromatic rings. The van der Waals surface area contributed by atoms with Gasteiger partial charge in [-0.3, -0.25) is 0 Å². The molecule has 5 nitrogen and oxygen atoms in total. The Morgan fingerprint density at radius 2 is 0.598 bits per heavy atom. The molecule has 3 aromatic heterocycles. The highest BCUT2D eigenvalue weighted by Gasteiger charge is 2.43. The number of benzene rings is 9. The summed E-state index contributed by atoms with van der Waals surface area (Å²) in [7, 11) is 0. The van der Waals surface area contributed by atoms with Gasteiger partial charge in [0.05, 0.1) is 11.0 Å². The summed E-state index contributed by atoms with van der Waals surface area (Å²) in [6.45, 7) is 41.5. The van der Waals surface area contributed by atoms with Crippen molar-refractivity contribution in [2.24, 2.45) is 0 Å². The molecule has 0 saturated heterocycles. The third kappa shape index (κ3) is 9.38. The average Bonchev–Trinajstić information content (AvgIpc) is 1.57. The van der Waals surface area contributed by atoms with Crippen LogP contribution in [0, 0.1) is 0 Å². The lowest BCUT2D eigenvalue weighted by atomic mass is 9.34. The molecular weight excluding hydrogens is 1050 g/mol. The molecule has 0 N–H and O–H groups in total. The first kappa shape index (κ1) is 56.5. The first-order chi connectivity index (χ1) is 40.9. The van der Waals surface area contributed by atoms with Gasteiger partial charge < -0.3 is 9.13 Å². The van der Waals surface area contributed by atoms with E-state index >= 15 is 0 Å². The highest BCUT2D eigenvalue weighted by atomic mass is 15.1. The number of rotatable bonds is 5. The van der Waals surface area contributed by atoms with Crippen LogP contribution in [0.3, 0.4) is 0 Å². The molecule has 0 unspecified atom stereocenters. The van der Waals surface area contributed by atoms with Crippen LogP contribution in [0.2, 0.25) is 0 Å². The van der Waals surface area contributed by atoms with E-state index in [0.29, 0.717) is 17.5 Å². The number of nitrogens with zero attached hydrogens (tertiary/aromatic N) is 5. The normalized spacial score (nSPS) is 13.6. The van der Waals surface area contributed by atoms with Crippen LogP contribution < -0.4 is 16.4 Å². The Balaban J connectivity index is 1.16. The van der Waals surface area contributed by atoms with Gasteiger partial charge >= 0.3 is 0 Å². The minimum absolute atomic E-state index is 0.0680. The van der Waals surface area contributed by atoms with Crippen LogP contribution in [-0.4, -0.2) is 30.8 Å². The average molecular weight is 1140 g/mol. The van der Waals surface area contributed by atoms with Gasteiger partial charge in [0, 0.05) is 60.6 Å². The highest BCUT2D eigenvalue weighted by Crippen LogP contribution is 2.45. The Bertz CT molecular complexity index is 4470. The monoisotopic (exact) mass is 1140 g/mol. The zero-order chi connectivity index (χ0) is 61.4. The van der Waals surface area contributed by atoms with Gasteiger partial charge in [-0.25, -0.2) is 15.0 Å². The molecule has 87 heavy (non-hydrogen) atoms. The Labute approximate surface area is 516 Å². The number of aromatic nitrogens is 5. The van der Waals surface area contributed by atoms with Gasteiger partial charge in [0.15, 0.2) is 17.5 Å². The molecule has 5 heterocycles. The van der Waals surface area contributed by atoms with Crippen LogP contribution in [0.1, 0.15) is 158 Å². The van der Waals surface area contributed by atoms with Crippen LogP contribution in [0.5, 0.6) is 0 Å². The second kappa shape index (κ2) is 19.1. The van der Waals surface area contributed by atoms with Crippen molar-refractivity contribution >= 4 is 66.7 Å². The molecule has 0 spiro atoms. The molecule has 0 amide bonds. The zero-order valence-electron chi connectivity index (χ0n) is 54.5. The van der Waals surface area contributed by atoms with Crippen molar-refractivity contribution in [3.8, 4) is 67.8 Å². The van der Waals surface area contributed by atoms with Crippen molar-refractivity contribution < 1.29 is 0 Å². The molecule has 0 fully saturated rings. The summed E-state index contributed by atoms with van der Waals surface area (Å²) >= 11 is 0. The van der Waals surface area contributed by atoms with Crippen molar-refractivity contribution in [3.05, 3.63) is 203 Å². The molecule has 0 atom stereocenters. The Kier molecular flexibility index (Phi) is 12.4.